The lowest BCUT2D eigenvalue weighted by molar-refractivity contribution is -0.119. The van der Waals surface area contributed by atoms with Crippen molar-refractivity contribution >= 4 is 21.6 Å². The van der Waals surface area contributed by atoms with Crippen molar-refractivity contribution in [2.24, 2.45) is 0 Å². The van der Waals surface area contributed by atoms with Gasteiger partial charge in [0.1, 0.15) is 10.7 Å². The van der Waals surface area contributed by atoms with Gasteiger partial charge in [0.15, 0.2) is 0 Å². The number of aryl methyl sites for hydroxylation is 1. The van der Waals surface area contributed by atoms with Gasteiger partial charge in [0.25, 0.3) is 0 Å². The fourth-order valence-electron chi connectivity index (χ4n) is 1.37. The van der Waals surface area contributed by atoms with E-state index in [0.29, 0.717) is 12.1 Å². The lowest BCUT2D eigenvalue weighted by Gasteiger charge is -2.09. The van der Waals surface area contributed by atoms with Gasteiger partial charge in [-0.3, -0.25) is 4.79 Å². The molecule has 0 aromatic heterocycles. The van der Waals surface area contributed by atoms with Crippen molar-refractivity contribution in [2.45, 2.75) is 18.7 Å². The maximum atomic E-state index is 13.6. The van der Waals surface area contributed by atoms with Crippen LogP contribution in [0.3, 0.4) is 0 Å². The molecular weight excluding hydrogens is 273 g/mol. The Balaban J connectivity index is 2.95. The van der Waals surface area contributed by atoms with Crippen LogP contribution in [-0.2, 0) is 14.8 Å². The number of nitrogens with one attached hydrogen (secondary N) is 2. The van der Waals surface area contributed by atoms with Crippen LogP contribution in [0, 0.1) is 12.7 Å². The summed E-state index contributed by atoms with van der Waals surface area (Å²) in [4.78, 5) is 10.6. The molecule has 4 N–H and O–H groups in total. The molecular formula is C11H16FN3O3S. The van der Waals surface area contributed by atoms with Crippen LogP contribution in [0.5, 0.6) is 0 Å². The average molecular weight is 289 g/mol. The molecule has 1 amide bonds. The van der Waals surface area contributed by atoms with Gasteiger partial charge < -0.3 is 11.1 Å². The van der Waals surface area contributed by atoms with E-state index in [1.54, 1.807) is 13.8 Å². The van der Waals surface area contributed by atoms with E-state index in [2.05, 4.69) is 5.32 Å². The normalized spacial score (nSPS) is 11.3. The number of rotatable bonds is 5. The van der Waals surface area contributed by atoms with Crippen LogP contribution in [0.15, 0.2) is 17.0 Å². The number of hydrogen-bond acceptors (Lipinski definition) is 4. The Labute approximate surface area is 111 Å². The highest BCUT2D eigenvalue weighted by molar-refractivity contribution is 7.89. The number of sulfonamides is 1. The fraction of sp³-hybridized carbons (Fsp3) is 0.364. The molecule has 8 heteroatoms. The van der Waals surface area contributed by atoms with Crippen molar-refractivity contribution in [3.63, 3.8) is 0 Å². The lowest BCUT2D eigenvalue weighted by Crippen LogP contribution is -2.37. The third-order valence-corrected chi connectivity index (χ3v) is 3.82. The van der Waals surface area contributed by atoms with E-state index >= 15 is 0 Å². The lowest BCUT2D eigenvalue weighted by atomic mass is 10.2. The van der Waals surface area contributed by atoms with Crippen molar-refractivity contribution in [3.05, 3.63) is 23.5 Å². The molecule has 0 fully saturated rings. The van der Waals surface area contributed by atoms with Gasteiger partial charge in [-0.05, 0) is 31.5 Å². The van der Waals surface area contributed by atoms with Crippen LogP contribution in [0.2, 0.25) is 0 Å². The zero-order chi connectivity index (χ0) is 14.6. The Morgan fingerprint density at radius 1 is 1.42 bits per heavy atom. The summed E-state index contributed by atoms with van der Waals surface area (Å²) in [6.45, 7) is 3.19. The van der Waals surface area contributed by atoms with Crippen LogP contribution in [-0.4, -0.2) is 27.4 Å². The van der Waals surface area contributed by atoms with Gasteiger partial charge in [-0.15, -0.1) is 0 Å². The first kappa shape index (κ1) is 15.4. The molecule has 0 spiro atoms. The average Bonchev–Trinajstić information content (AvgIpc) is 2.31. The zero-order valence-electron chi connectivity index (χ0n) is 10.7. The first-order valence-corrected chi connectivity index (χ1v) is 7.08. The number of carbonyl (C=O) groups is 1. The minimum absolute atomic E-state index is 0.166. The van der Waals surface area contributed by atoms with Crippen LogP contribution in [0.25, 0.3) is 0 Å². The van der Waals surface area contributed by atoms with Crippen molar-refractivity contribution in [3.8, 4) is 0 Å². The second-order valence-corrected chi connectivity index (χ2v) is 5.65. The second kappa shape index (κ2) is 5.98. The summed E-state index contributed by atoms with van der Waals surface area (Å²) in [5.41, 5.74) is 6.16. The molecule has 1 rings (SSSR count). The number of amides is 1. The van der Waals surface area contributed by atoms with Gasteiger partial charge >= 0.3 is 0 Å². The highest BCUT2D eigenvalue weighted by Gasteiger charge is 2.21. The van der Waals surface area contributed by atoms with Gasteiger partial charge in [0.05, 0.1) is 6.54 Å². The summed E-state index contributed by atoms with van der Waals surface area (Å²) in [5.74, 6) is -1.40. The molecule has 0 saturated heterocycles. The van der Waals surface area contributed by atoms with Crippen molar-refractivity contribution < 1.29 is 17.6 Å². The molecule has 0 bridgehead atoms. The van der Waals surface area contributed by atoms with Gasteiger partial charge in [-0.25, -0.2) is 17.5 Å². The predicted octanol–water partition coefficient (Wildman–Crippen LogP) is 0.131. The Hall–Kier alpha value is -1.67. The van der Waals surface area contributed by atoms with E-state index in [9.17, 15) is 17.6 Å². The Morgan fingerprint density at radius 2 is 2.05 bits per heavy atom. The summed E-state index contributed by atoms with van der Waals surface area (Å²) < 4.78 is 39.3. The van der Waals surface area contributed by atoms with E-state index < -0.39 is 33.2 Å². The number of anilines is 1. The SMILES string of the molecule is CCNC(=O)CNS(=O)(=O)c1cc(N)c(C)cc1F. The van der Waals surface area contributed by atoms with Crippen molar-refractivity contribution in [2.75, 3.05) is 18.8 Å². The third kappa shape index (κ3) is 3.90. The van der Waals surface area contributed by atoms with Gasteiger partial charge in [0, 0.05) is 12.2 Å². The molecule has 0 saturated carbocycles. The minimum Gasteiger partial charge on any atom is -0.398 e. The summed E-state index contributed by atoms with van der Waals surface area (Å²) in [6, 6.07) is 2.07. The van der Waals surface area contributed by atoms with E-state index in [4.69, 9.17) is 5.73 Å². The Kier molecular flexibility index (Phi) is 4.84. The standard InChI is InChI=1S/C11H16FN3O3S/c1-3-14-11(16)6-15-19(17,18)10-5-9(13)7(2)4-8(10)12/h4-5,15H,3,6,13H2,1-2H3,(H,14,16). The summed E-state index contributed by atoms with van der Waals surface area (Å²) >= 11 is 0. The third-order valence-electron chi connectivity index (χ3n) is 2.41. The van der Waals surface area contributed by atoms with E-state index in [1.165, 1.54) is 0 Å². The van der Waals surface area contributed by atoms with Crippen molar-refractivity contribution in [1.29, 1.82) is 0 Å². The molecule has 0 aliphatic heterocycles. The molecule has 0 unspecified atom stereocenters. The quantitative estimate of drug-likeness (QED) is 0.671. The molecule has 0 aliphatic rings. The number of likely N-dealkylation sites (N-methyl/N-ethyl adjacent to an activating group) is 1. The first-order valence-electron chi connectivity index (χ1n) is 5.60. The number of benzene rings is 1. The highest BCUT2D eigenvalue weighted by atomic mass is 32.2. The zero-order valence-corrected chi connectivity index (χ0v) is 11.5. The maximum Gasteiger partial charge on any atom is 0.244 e. The predicted molar refractivity (Wildman–Crippen MR) is 69.4 cm³/mol. The maximum absolute atomic E-state index is 13.6. The Bertz CT molecular complexity index is 587. The monoisotopic (exact) mass is 289 g/mol. The van der Waals surface area contributed by atoms with Gasteiger partial charge in [-0.2, -0.15) is 0 Å². The van der Waals surface area contributed by atoms with Crippen LogP contribution in [0.1, 0.15) is 12.5 Å². The molecule has 106 valence electrons. The van der Waals surface area contributed by atoms with Crippen LogP contribution in [0.4, 0.5) is 10.1 Å². The molecule has 1 aromatic carbocycles. The molecule has 19 heavy (non-hydrogen) atoms. The van der Waals surface area contributed by atoms with E-state index in [1.807, 2.05) is 4.72 Å². The second-order valence-electron chi connectivity index (χ2n) is 3.92. The minimum atomic E-state index is -4.11. The molecule has 0 atom stereocenters. The van der Waals surface area contributed by atoms with Crippen LogP contribution < -0.4 is 15.8 Å². The summed E-state index contributed by atoms with van der Waals surface area (Å²) in [5, 5.41) is 2.42. The van der Waals surface area contributed by atoms with E-state index in [-0.39, 0.29) is 5.69 Å². The van der Waals surface area contributed by atoms with Crippen molar-refractivity contribution in [1.82, 2.24) is 10.0 Å². The molecule has 0 radical (unpaired) electrons. The summed E-state index contributed by atoms with van der Waals surface area (Å²) in [7, 11) is -4.11. The smallest absolute Gasteiger partial charge is 0.244 e. The Morgan fingerprint density at radius 3 is 2.63 bits per heavy atom. The fourth-order valence-corrected chi connectivity index (χ4v) is 2.45. The molecule has 1 aromatic rings. The molecule has 0 heterocycles. The summed E-state index contributed by atoms with van der Waals surface area (Å²) in [6.07, 6.45) is 0. The molecule has 0 aliphatic carbocycles. The van der Waals surface area contributed by atoms with Gasteiger partial charge in [0.2, 0.25) is 15.9 Å². The number of halogens is 1. The molecule has 6 nitrogen and oxygen atoms in total. The topological polar surface area (TPSA) is 101 Å². The number of nitrogens with two attached hydrogens (primary N) is 1. The van der Waals surface area contributed by atoms with Crippen LogP contribution >= 0.6 is 0 Å². The van der Waals surface area contributed by atoms with Gasteiger partial charge in [-0.1, -0.05) is 0 Å². The first-order chi connectivity index (χ1) is 8.77. The van der Waals surface area contributed by atoms with E-state index in [0.717, 1.165) is 12.1 Å². The number of carbonyl (C=O) groups excluding carboxylic acids is 1. The number of nitrogen functional groups attached to an aromatic ring is 1. The largest absolute Gasteiger partial charge is 0.398 e. The highest BCUT2D eigenvalue weighted by Crippen LogP contribution is 2.21. The number of hydrogen-bond donors (Lipinski definition) is 3.